The van der Waals surface area contributed by atoms with Crippen molar-refractivity contribution in [1.29, 1.82) is 0 Å². The number of halogens is 2. The van der Waals surface area contributed by atoms with Gasteiger partial charge in [0.2, 0.25) is 0 Å². The van der Waals surface area contributed by atoms with E-state index >= 15 is 0 Å². The summed E-state index contributed by atoms with van der Waals surface area (Å²) in [4.78, 5) is 8.98. The van der Waals surface area contributed by atoms with Crippen LogP contribution in [0, 0.1) is 19.7 Å². The first-order valence-electron chi connectivity index (χ1n) is 4.91. The summed E-state index contributed by atoms with van der Waals surface area (Å²) < 4.78 is 18.6. The second-order valence-corrected chi connectivity index (χ2v) is 5.21. The number of anilines is 1. The van der Waals surface area contributed by atoms with E-state index in [1.807, 2.05) is 0 Å². The molecule has 0 unspecified atom stereocenters. The van der Waals surface area contributed by atoms with E-state index in [1.54, 1.807) is 20.0 Å². The Labute approximate surface area is 111 Å². The van der Waals surface area contributed by atoms with Gasteiger partial charge in [-0.2, -0.15) is 4.37 Å². The molecule has 17 heavy (non-hydrogen) atoms. The SMILES string of the molecule is Cc1nc(C)c(F)c(NCc2sncc2Br)n1. The molecule has 0 saturated heterocycles. The predicted octanol–water partition coefficient (Wildman–Crippen LogP) is 3.06. The van der Waals surface area contributed by atoms with Gasteiger partial charge in [0.15, 0.2) is 11.6 Å². The summed E-state index contributed by atoms with van der Waals surface area (Å²) in [7, 11) is 0. The summed E-state index contributed by atoms with van der Waals surface area (Å²) in [5.74, 6) is 0.376. The molecule has 0 radical (unpaired) electrons. The first-order valence-corrected chi connectivity index (χ1v) is 6.48. The molecule has 0 aliphatic carbocycles. The van der Waals surface area contributed by atoms with Crippen molar-refractivity contribution in [2.75, 3.05) is 5.32 Å². The number of hydrogen-bond acceptors (Lipinski definition) is 5. The lowest BCUT2D eigenvalue weighted by molar-refractivity contribution is 0.602. The van der Waals surface area contributed by atoms with Crippen molar-refractivity contribution < 1.29 is 4.39 Å². The number of nitrogens with zero attached hydrogens (tertiary/aromatic N) is 3. The molecule has 0 atom stereocenters. The van der Waals surface area contributed by atoms with Crippen molar-refractivity contribution in [2.45, 2.75) is 20.4 Å². The van der Waals surface area contributed by atoms with Gasteiger partial charge in [-0.15, -0.1) is 0 Å². The lowest BCUT2D eigenvalue weighted by Gasteiger charge is -2.07. The van der Waals surface area contributed by atoms with Crippen molar-refractivity contribution in [3.8, 4) is 0 Å². The van der Waals surface area contributed by atoms with Gasteiger partial charge < -0.3 is 5.32 Å². The van der Waals surface area contributed by atoms with Crippen LogP contribution in [-0.4, -0.2) is 14.3 Å². The maximum absolute atomic E-state index is 13.7. The predicted molar refractivity (Wildman–Crippen MR) is 68.6 cm³/mol. The summed E-state index contributed by atoms with van der Waals surface area (Å²) >= 11 is 4.73. The average molecular weight is 317 g/mol. The molecule has 0 fully saturated rings. The molecule has 4 nitrogen and oxygen atoms in total. The number of rotatable bonds is 3. The monoisotopic (exact) mass is 316 g/mol. The number of hydrogen-bond donors (Lipinski definition) is 1. The highest BCUT2D eigenvalue weighted by Crippen LogP contribution is 2.22. The molecule has 0 saturated carbocycles. The largest absolute Gasteiger partial charge is 0.363 e. The molecule has 0 bridgehead atoms. The quantitative estimate of drug-likeness (QED) is 0.945. The molecule has 2 aromatic rings. The van der Waals surface area contributed by atoms with E-state index < -0.39 is 5.82 Å². The normalized spacial score (nSPS) is 10.6. The fourth-order valence-electron chi connectivity index (χ4n) is 1.35. The van der Waals surface area contributed by atoms with Gasteiger partial charge in [-0.05, 0) is 41.3 Å². The summed E-state index contributed by atoms with van der Waals surface area (Å²) in [6, 6.07) is 0. The molecular weight excluding hydrogens is 307 g/mol. The number of aromatic nitrogens is 3. The van der Waals surface area contributed by atoms with Crippen LogP contribution >= 0.6 is 27.5 Å². The van der Waals surface area contributed by atoms with Gasteiger partial charge in [0.05, 0.1) is 27.8 Å². The topological polar surface area (TPSA) is 50.7 Å². The summed E-state index contributed by atoms with van der Waals surface area (Å²) in [5.41, 5.74) is 0.350. The highest BCUT2D eigenvalue weighted by Gasteiger charge is 2.10. The van der Waals surface area contributed by atoms with Crippen LogP contribution < -0.4 is 5.32 Å². The van der Waals surface area contributed by atoms with Crippen LogP contribution in [0.1, 0.15) is 16.4 Å². The van der Waals surface area contributed by atoms with E-state index in [0.717, 1.165) is 9.35 Å². The van der Waals surface area contributed by atoms with Crippen LogP contribution in [0.25, 0.3) is 0 Å². The standard InChI is InChI=1S/C10H10BrFN4S/c1-5-9(12)10(16-6(2)15-5)13-4-8-7(11)3-14-17-8/h3H,4H2,1-2H3,(H,13,15,16). The molecule has 2 rings (SSSR count). The Bertz CT molecular complexity index is 543. The second-order valence-electron chi connectivity index (χ2n) is 3.47. The van der Waals surface area contributed by atoms with Gasteiger partial charge in [-0.3, -0.25) is 0 Å². The lowest BCUT2D eigenvalue weighted by atomic mass is 10.3. The molecule has 0 spiro atoms. The van der Waals surface area contributed by atoms with Gasteiger partial charge in [0.1, 0.15) is 5.82 Å². The summed E-state index contributed by atoms with van der Waals surface area (Å²) in [6.07, 6.45) is 1.72. The summed E-state index contributed by atoms with van der Waals surface area (Å²) in [5, 5.41) is 2.95. The number of aryl methyl sites for hydroxylation is 2. The Balaban J connectivity index is 2.17. The minimum absolute atomic E-state index is 0.232. The van der Waals surface area contributed by atoms with Gasteiger partial charge in [-0.25, -0.2) is 14.4 Å². The van der Waals surface area contributed by atoms with Crippen LogP contribution in [0.15, 0.2) is 10.7 Å². The molecular formula is C10H10BrFN4S. The molecule has 0 aliphatic heterocycles. The van der Waals surface area contributed by atoms with Crippen molar-refractivity contribution in [2.24, 2.45) is 0 Å². The third-order valence-electron chi connectivity index (χ3n) is 2.14. The van der Waals surface area contributed by atoms with E-state index in [0.29, 0.717) is 18.1 Å². The maximum Gasteiger partial charge on any atom is 0.186 e. The number of nitrogens with one attached hydrogen (secondary N) is 1. The van der Waals surface area contributed by atoms with Crippen LogP contribution in [-0.2, 0) is 6.54 Å². The van der Waals surface area contributed by atoms with Crippen LogP contribution in [0.3, 0.4) is 0 Å². The van der Waals surface area contributed by atoms with E-state index in [2.05, 4.69) is 35.6 Å². The molecule has 0 aromatic carbocycles. The fraction of sp³-hybridized carbons (Fsp3) is 0.300. The Morgan fingerprint density at radius 1 is 1.41 bits per heavy atom. The first-order chi connectivity index (χ1) is 8.08. The third-order valence-corrected chi connectivity index (χ3v) is 3.88. The van der Waals surface area contributed by atoms with Crippen LogP contribution in [0.4, 0.5) is 10.2 Å². The van der Waals surface area contributed by atoms with Crippen LogP contribution in [0.2, 0.25) is 0 Å². The molecule has 0 amide bonds. The van der Waals surface area contributed by atoms with Crippen molar-refractivity contribution >= 4 is 33.3 Å². The van der Waals surface area contributed by atoms with Crippen molar-refractivity contribution in [1.82, 2.24) is 14.3 Å². The molecule has 7 heteroatoms. The van der Waals surface area contributed by atoms with E-state index in [-0.39, 0.29) is 5.82 Å². The van der Waals surface area contributed by atoms with Crippen LogP contribution in [0.5, 0.6) is 0 Å². The first kappa shape index (κ1) is 12.4. The van der Waals surface area contributed by atoms with Gasteiger partial charge >= 0.3 is 0 Å². The second kappa shape index (κ2) is 5.05. The van der Waals surface area contributed by atoms with E-state index in [9.17, 15) is 4.39 Å². The average Bonchev–Trinajstić information content (AvgIpc) is 2.67. The zero-order valence-corrected chi connectivity index (χ0v) is 11.7. The highest BCUT2D eigenvalue weighted by molar-refractivity contribution is 9.10. The summed E-state index contributed by atoms with van der Waals surface area (Å²) in [6.45, 7) is 3.84. The van der Waals surface area contributed by atoms with Crippen molar-refractivity contribution in [3.05, 3.63) is 32.9 Å². The smallest absolute Gasteiger partial charge is 0.186 e. The Morgan fingerprint density at radius 3 is 2.82 bits per heavy atom. The zero-order valence-electron chi connectivity index (χ0n) is 9.29. The molecule has 0 aliphatic rings. The minimum atomic E-state index is -0.406. The Morgan fingerprint density at radius 2 is 2.18 bits per heavy atom. The van der Waals surface area contributed by atoms with Crippen molar-refractivity contribution in [3.63, 3.8) is 0 Å². The van der Waals surface area contributed by atoms with E-state index in [4.69, 9.17) is 0 Å². The molecule has 2 aromatic heterocycles. The lowest BCUT2D eigenvalue weighted by Crippen LogP contribution is -2.07. The third kappa shape index (κ3) is 2.78. The fourth-order valence-corrected chi connectivity index (χ4v) is 2.51. The van der Waals surface area contributed by atoms with E-state index in [1.165, 1.54) is 11.5 Å². The zero-order chi connectivity index (χ0) is 12.4. The van der Waals surface area contributed by atoms with Gasteiger partial charge in [0.25, 0.3) is 0 Å². The Kier molecular flexibility index (Phi) is 3.68. The highest BCUT2D eigenvalue weighted by atomic mass is 79.9. The molecule has 1 N–H and O–H groups in total. The van der Waals surface area contributed by atoms with Gasteiger partial charge in [0, 0.05) is 0 Å². The van der Waals surface area contributed by atoms with Gasteiger partial charge in [-0.1, -0.05) is 0 Å². The molecule has 2 heterocycles. The maximum atomic E-state index is 13.7. The minimum Gasteiger partial charge on any atom is -0.363 e. The Hall–Kier alpha value is -1.08. The molecule has 90 valence electrons.